The lowest BCUT2D eigenvalue weighted by Gasteiger charge is -2.18. The molecule has 3 nitrogen and oxygen atoms in total. The Balaban J connectivity index is 2.15. The number of methoxy groups -OCH3 is 2. The smallest absolute Gasteiger partial charge is 0.127 e. The van der Waals surface area contributed by atoms with E-state index < -0.39 is 0 Å². The van der Waals surface area contributed by atoms with E-state index in [9.17, 15) is 0 Å². The molecule has 0 aliphatic carbocycles. The molecule has 0 bridgehead atoms. The molecule has 0 saturated carbocycles. The first-order valence-corrected chi connectivity index (χ1v) is 7.18. The van der Waals surface area contributed by atoms with Crippen LogP contribution in [0.25, 0.3) is 0 Å². The van der Waals surface area contributed by atoms with Crippen molar-refractivity contribution >= 4 is 11.3 Å². The molecule has 4 heteroatoms. The standard InChI is InChI=1S/C15H19NO2S/c1-17-13-4-3-5-14(18-2)15(13)12(16)7-6-11-8-9-19-10-11/h3-5,8-10,12H,6-7,16H2,1-2H3. The van der Waals surface area contributed by atoms with Gasteiger partial charge in [-0.15, -0.1) is 0 Å². The lowest BCUT2D eigenvalue weighted by atomic mass is 9.99. The predicted molar refractivity (Wildman–Crippen MR) is 79.1 cm³/mol. The Hall–Kier alpha value is -1.52. The number of aryl methyl sites for hydroxylation is 1. The largest absolute Gasteiger partial charge is 0.496 e. The fourth-order valence-electron chi connectivity index (χ4n) is 2.15. The summed E-state index contributed by atoms with van der Waals surface area (Å²) >= 11 is 1.71. The number of benzene rings is 1. The number of hydrogen-bond acceptors (Lipinski definition) is 4. The third-order valence-electron chi connectivity index (χ3n) is 3.16. The minimum absolute atomic E-state index is 0.0917. The van der Waals surface area contributed by atoms with Crippen LogP contribution in [-0.4, -0.2) is 14.2 Å². The number of ether oxygens (including phenoxy) is 2. The average Bonchev–Trinajstić information content (AvgIpc) is 2.97. The molecule has 1 atom stereocenters. The van der Waals surface area contributed by atoms with Gasteiger partial charge in [0.25, 0.3) is 0 Å². The molecule has 0 amide bonds. The monoisotopic (exact) mass is 277 g/mol. The second-order valence-corrected chi connectivity index (χ2v) is 5.13. The van der Waals surface area contributed by atoms with Gasteiger partial charge in [-0.3, -0.25) is 0 Å². The Morgan fingerprint density at radius 2 is 1.84 bits per heavy atom. The van der Waals surface area contributed by atoms with Gasteiger partial charge in [-0.25, -0.2) is 0 Å². The Morgan fingerprint density at radius 1 is 1.16 bits per heavy atom. The van der Waals surface area contributed by atoms with Crippen LogP contribution in [0.1, 0.15) is 23.6 Å². The van der Waals surface area contributed by atoms with Crippen LogP contribution in [0.15, 0.2) is 35.0 Å². The fraction of sp³-hybridized carbons (Fsp3) is 0.333. The van der Waals surface area contributed by atoms with E-state index in [1.54, 1.807) is 25.6 Å². The van der Waals surface area contributed by atoms with Crippen LogP contribution in [0.4, 0.5) is 0 Å². The first-order chi connectivity index (χ1) is 9.26. The molecule has 2 rings (SSSR count). The molecule has 0 aliphatic rings. The summed E-state index contributed by atoms with van der Waals surface area (Å²) in [5, 5.41) is 4.25. The fourth-order valence-corrected chi connectivity index (χ4v) is 2.85. The highest BCUT2D eigenvalue weighted by Gasteiger charge is 2.17. The molecule has 1 heterocycles. The first kappa shape index (κ1) is 13.9. The molecule has 1 unspecified atom stereocenters. The van der Waals surface area contributed by atoms with Crippen LogP contribution < -0.4 is 15.2 Å². The van der Waals surface area contributed by atoms with Gasteiger partial charge in [0.2, 0.25) is 0 Å². The minimum Gasteiger partial charge on any atom is -0.496 e. The Bertz CT molecular complexity index is 489. The summed E-state index contributed by atoms with van der Waals surface area (Å²) in [5.74, 6) is 1.58. The molecule has 2 aromatic rings. The SMILES string of the molecule is COc1cccc(OC)c1C(N)CCc1ccsc1. The molecule has 0 spiro atoms. The average molecular weight is 277 g/mol. The van der Waals surface area contributed by atoms with Crippen LogP contribution in [0.2, 0.25) is 0 Å². The maximum absolute atomic E-state index is 6.31. The Kier molecular flexibility index (Phi) is 4.82. The summed E-state index contributed by atoms with van der Waals surface area (Å²) in [5.41, 5.74) is 8.58. The second-order valence-electron chi connectivity index (χ2n) is 4.35. The molecule has 0 fully saturated rings. The maximum Gasteiger partial charge on any atom is 0.127 e. The first-order valence-electron chi connectivity index (χ1n) is 6.23. The van der Waals surface area contributed by atoms with Gasteiger partial charge < -0.3 is 15.2 Å². The lowest BCUT2D eigenvalue weighted by molar-refractivity contribution is 0.377. The Morgan fingerprint density at radius 3 is 2.37 bits per heavy atom. The van der Waals surface area contributed by atoms with Crippen LogP contribution in [0.5, 0.6) is 11.5 Å². The molecule has 1 aromatic carbocycles. The molecule has 0 aliphatic heterocycles. The normalized spacial score (nSPS) is 12.2. The van der Waals surface area contributed by atoms with Crippen molar-refractivity contribution in [2.45, 2.75) is 18.9 Å². The minimum atomic E-state index is -0.0917. The van der Waals surface area contributed by atoms with Crippen molar-refractivity contribution in [3.8, 4) is 11.5 Å². The number of rotatable bonds is 6. The third kappa shape index (κ3) is 3.28. The Labute approximate surface area is 118 Å². The van der Waals surface area contributed by atoms with E-state index in [0.29, 0.717) is 0 Å². The zero-order valence-corrected chi connectivity index (χ0v) is 12.1. The predicted octanol–water partition coefficient (Wildman–Crippen LogP) is 3.40. The molecule has 102 valence electrons. The lowest BCUT2D eigenvalue weighted by Crippen LogP contribution is -2.14. The zero-order chi connectivity index (χ0) is 13.7. The van der Waals surface area contributed by atoms with E-state index in [2.05, 4.69) is 16.8 Å². The number of hydrogen-bond donors (Lipinski definition) is 1. The molecule has 2 N–H and O–H groups in total. The van der Waals surface area contributed by atoms with E-state index in [-0.39, 0.29) is 6.04 Å². The van der Waals surface area contributed by atoms with Crippen molar-refractivity contribution in [3.63, 3.8) is 0 Å². The van der Waals surface area contributed by atoms with Gasteiger partial charge in [0.15, 0.2) is 0 Å². The topological polar surface area (TPSA) is 44.5 Å². The molecule has 0 radical (unpaired) electrons. The summed E-state index contributed by atoms with van der Waals surface area (Å²) in [7, 11) is 3.31. The number of thiophene rings is 1. The van der Waals surface area contributed by atoms with E-state index in [4.69, 9.17) is 15.2 Å². The van der Waals surface area contributed by atoms with Crippen molar-refractivity contribution in [2.75, 3.05) is 14.2 Å². The summed E-state index contributed by atoms with van der Waals surface area (Å²) < 4.78 is 10.8. The molecule has 0 saturated heterocycles. The van der Waals surface area contributed by atoms with Gasteiger partial charge in [-0.1, -0.05) is 6.07 Å². The summed E-state index contributed by atoms with van der Waals surface area (Å²) in [6, 6.07) is 7.79. The zero-order valence-electron chi connectivity index (χ0n) is 11.3. The summed E-state index contributed by atoms with van der Waals surface area (Å²) in [6.07, 6.45) is 1.83. The van der Waals surface area contributed by atoms with Crippen molar-refractivity contribution in [2.24, 2.45) is 5.73 Å². The molecular formula is C15H19NO2S. The van der Waals surface area contributed by atoms with Crippen molar-refractivity contribution in [3.05, 3.63) is 46.2 Å². The van der Waals surface area contributed by atoms with E-state index in [1.807, 2.05) is 18.2 Å². The molecular weight excluding hydrogens is 258 g/mol. The van der Waals surface area contributed by atoms with Crippen LogP contribution >= 0.6 is 11.3 Å². The van der Waals surface area contributed by atoms with Gasteiger partial charge in [0.1, 0.15) is 11.5 Å². The number of nitrogens with two attached hydrogens (primary N) is 1. The summed E-state index contributed by atoms with van der Waals surface area (Å²) in [6.45, 7) is 0. The molecule has 1 aromatic heterocycles. The highest BCUT2D eigenvalue weighted by atomic mass is 32.1. The van der Waals surface area contributed by atoms with Crippen LogP contribution in [0, 0.1) is 0 Å². The van der Waals surface area contributed by atoms with Crippen molar-refractivity contribution in [1.29, 1.82) is 0 Å². The van der Waals surface area contributed by atoms with Crippen LogP contribution in [0.3, 0.4) is 0 Å². The van der Waals surface area contributed by atoms with Gasteiger partial charge in [-0.05, 0) is 47.4 Å². The maximum atomic E-state index is 6.31. The van der Waals surface area contributed by atoms with E-state index >= 15 is 0 Å². The summed E-state index contributed by atoms with van der Waals surface area (Å²) in [4.78, 5) is 0. The van der Waals surface area contributed by atoms with Crippen molar-refractivity contribution in [1.82, 2.24) is 0 Å². The van der Waals surface area contributed by atoms with Crippen molar-refractivity contribution < 1.29 is 9.47 Å². The third-order valence-corrected chi connectivity index (χ3v) is 3.89. The van der Waals surface area contributed by atoms with Gasteiger partial charge >= 0.3 is 0 Å². The van der Waals surface area contributed by atoms with Crippen LogP contribution in [-0.2, 0) is 6.42 Å². The van der Waals surface area contributed by atoms with Gasteiger partial charge in [0.05, 0.1) is 19.8 Å². The van der Waals surface area contributed by atoms with Gasteiger partial charge in [0, 0.05) is 6.04 Å². The highest BCUT2D eigenvalue weighted by Crippen LogP contribution is 2.34. The molecule has 19 heavy (non-hydrogen) atoms. The van der Waals surface area contributed by atoms with E-state index in [0.717, 1.165) is 29.9 Å². The van der Waals surface area contributed by atoms with Gasteiger partial charge in [-0.2, -0.15) is 11.3 Å². The van der Waals surface area contributed by atoms with E-state index in [1.165, 1.54) is 5.56 Å². The second kappa shape index (κ2) is 6.59. The highest BCUT2D eigenvalue weighted by molar-refractivity contribution is 7.07. The quantitative estimate of drug-likeness (QED) is 0.880.